The third kappa shape index (κ3) is 9.94. The molecular formula is C35H44N4O4. The zero-order valence-electron chi connectivity index (χ0n) is 25.0. The Hall–Kier alpha value is -4.20. The summed E-state index contributed by atoms with van der Waals surface area (Å²) < 4.78 is 0. The summed E-state index contributed by atoms with van der Waals surface area (Å²) in [6.45, 7) is 2.75. The molecular weight excluding hydrogens is 540 g/mol. The van der Waals surface area contributed by atoms with E-state index in [-0.39, 0.29) is 11.7 Å². The number of allylic oxidation sites excluding steroid dienone is 4. The number of piperazine rings is 1. The quantitative estimate of drug-likeness (QED) is 0.195. The number of unbranched alkanes of at least 4 members (excludes halogenated alkanes) is 2. The lowest BCUT2D eigenvalue weighted by molar-refractivity contribution is -0.131. The van der Waals surface area contributed by atoms with Crippen molar-refractivity contribution in [1.29, 1.82) is 0 Å². The summed E-state index contributed by atoms with van der Waals surface area (Å²) >= 11 is 0. The van der Waals surface area contributed by atoms with E-state index in [0.717, 1.165) is 75.7 Å². The predicted octanol–water partition coefficient (Wildman–Crippen LogP) is 4.97. The summed E-state index contributed by atoms with van der Waals surface area (Å²) in [7, 11) is 0. The van der Waals surface area contributed by atoms with E-state index in [1.165, 1.54) is 5.57 Å². The molecule has 4 N–H and O–H groups in total. The van der Waals surface area contributed by atoms with E-state index in [1.54, 1.807) is 24.3 Å². The van der Waals surface area contributed by atoms with Crippen molar-refractivity contribution in [2.45, 2.75) is 64.2 Å². The summed E-state index contributed by atoms with van der Waals surface area (Å²) in [5.41, 5.74) is 15.3. The summed E-state index contributed by atoms with van der Waals surface area (Å²) in [5, 5.41) is 0. The molecule has 0 radical (unpaired) electrons. The van der Waals surface area contributed by atoms with Crippen molar-refractivity contribution in [3.63, 3.8) is 0 Å². The van der Waals surface area contributed by atoms with Crippen LogP contribution in [0.3, 0.4) is 0 Å². The maximum atomic E-state index is 12.7. The van der Waals surface area contributed by atoms with Gasteiger partial charge in [0.2, 0.25) is 17.7 Å². The van der Waals surface area contributed by atoms with Crippen molar-refractivity contribution >= 4 is 29.2 Å². The zero-order chi connectivity index (χ0) is 30.6. The van der Waals surface area contributed by atoms with Gasteiger partial charge in [-0.15, -0.1) is 0 Å². The second-order valence-corrected chi connectivity index (χ2v) is 11.6. The molecule has 1 heterocycles. The summed E-state index contributed by atoms with van der Waals surface area (Å²) in [6, 6.07) is 14.8. The number of amides is 3. The smallest absolute Gasteiger partial charge is 0.248 e. The van der Waals surface area contributed by atoms with Crippen LogP contribution in [-0.2, 0) is 16.0 Å². The fraction of sp³-hybridized carbons (Fsp3) is 0.429. The SMILES string of the molecule is NC(=O)c1cccc(CC2=CCCC(/C=C/C(=O)CCCCCC(=O)N3CCN(c4cccc(C(N)=O)c4)CC3)CC2)c1. The molecule has 0 spiro atoms. The highest BCUT2D eigenvalue weighted by atomic mass is 16.2. The first kappa shape index (κ1) is 31.7. The lowest BCUT2D eigenvalue weighted by Crippen LogP contribution is -2.48. The van der Waals surface area contributed by atoms with E-state index in [4.69, 9.17) is 11.5 Å². The fourth-order valence-electron chi connectivity index (χ4n) is 5.88. The second-order valence-electron chi connectivity index (χ2n) is 11.6. The van der Waals surface area contributed by atoms with E-state index in [0.29, 0.717) is 43.0 Å². The Morgan fingerprint density at radius 3 is 2.26 bits per heavy atom. The highest BCUT2D eigenvalue weighted by molar-refractivity contribution is 5.94. The van der Waals surface area contributed by atoms with E-state index in [2.05, 4.69) is 17.1 Å². The van der Waals surface area contributed by atoms with Crippen LogP contribution >= 0.6 is 0 Å². The zero-order valence-corrected chi connectivity index (χ0v) is 25.0. The number of ketones is 1. The van der Waals surface area contributed by atoms with Gasteiger partial charge in [-0.25, -0.2) is 0 Å². The summed E-state index contributed by atoms with van der Waals surface area (Å²) in [5.74, 6) is -0.136. The Labute approximate surface area is 254 Å². The maximum Gasteiger partial charge on any atom is 0.248 e. The number of nitrogens with zero attached hydrogens (tertiary/aromatic N) is 2. The van der Waals surface area contributed by atoms with Crippen molar-refractivity contribution in [1.82, 2.24) is 4.90 Å². The van der Waals surface area contributed by atoms with Crippen LogP contribution in [0.1, 0.15) is 84.1 Å². The number of anilines is 1. The highest BCUT2D eigenvalue weighted by Gasteiger charge is 2.21. The minimum absolute atomic E-state index is 0.156. The molecule has 2 aromatic carbocycles. The molecule has 3 amide bonds. The van der Waals surface area contributed by atoms with Crippen molar-refractivity contribution in [2.75, 3.05) is 31.1 Å². The molecule has 4 rings (SSSR count). The molecule has 1 unspecified atom stereocenters. The number of rotatable bonds is 13. The molecule has 43 heavy (non-hydrogen) atoms. The third-order valence-corrected chi connectivity index (χ3v) is 8.45. The molecule has 8 heteroatoms. The molecule has 0 bridgehead atoms. The normalized spacial score (nSPS) is 17.4. The van der Waals surface area contributed by atoms with E-state index >= 15 is 0 Å². The van der Waals surface area contributed by atoms with Crippen molar-refractivity contribution in [3.8, 4) is 0 Å². The van der Waals surface area contributed by atoms with Crippen molar-refractivity contribution in [3.05, 3.63) is 89.0 Å². The van der Waals surface area contributed by atoms with E-state index in [9.17, 15) is 19.2 Å². The molecule has 8 nitrogen and oxygen atoms in total. The third-order valence-electron chi connectivity index (χ3n) is 8.45. The van der Waals surface area contributed by atoms with Gasteiger partial charge in [-0.1, -0.05) is 42.3 Å². The van der Waals surface area contributed by atoms with Gasteiger partial charge in [0, 0.05) is 55.8 Å². The second kappa shape index (κ2) is 15.9. The lowest BCUT2D eigenvalue weighted by atomic mass is 9.95. The topological polar surface area (TPSA) is 127 Å². The number of carbonyl (C=O) groups excluding carboxylic acids is 4. The lowest BCUT2D eigenvalue weighted by Gasteiger charge is -2.36. The largest absolute Gasteiger partial charge is 0.368 e. The van der Waals surface area contributed by atoms with Crippen LogP contribution in [0.25, 0.3) is 0 Å². The van der Waals surface area contributed by atoms with Gasteiger partial charge in [0.05, 0.1) is 0 Å². The number of benzene rings is 2. The Balaban J connectivity index is 1.08. The van der Waals surface area contributed by atoms with Gasteiger partial charge >= 0.3 is 0 Å². The first-order valence-electron chi connectivity index (χ1n) is 15.5. The minimum Gasteiger partial charge on any atom is -0.368 e. The molecule has 2 aliphatic rings. The first-order valence-corrected chi connectivity index (χ1v) is 15.5. The van der Waals surface area contributed by atoms with Crippen LogP contribution in [0.2, 0.25) is 0 Å². The average molecular weight is 585 g/mol. The van der Waals surface area contributed by atoms with Crippen LogP contribution in [-0.4, -0.2) is 54.6 Å². The Bertz CT molecular complexity index is 1360. The van der Waals surface area contributed by atoms with Crippen LogP contribution in [0.4, 0.5) is 5.69 Å². The van der Waals surface area contributed by atoms with E-state index < -0.39 is 11.8 Å². The number of carbonyl (C=O) groups is 4. The van der Waals surface area contributed by atoms with Gasteiger partial charge in [0.25, 0.3) is 0 Å². The van der Waals surface area contributed by atoms with Gasteiger partial charge < -0.3 is 21.3 Å². The summed E-state index contributed by atoms with van der Waals surface area (Å²) in [6.07, 6.45) is 14.4. The van der Waals surface area contributed by atoms with Gasteiger partial charge in [-0.05, 0) is 92.8 Å². The minimum atomic E-state index is -0.442. The van der Waals surface area contributed by atoms with Crippen LogP contribution in [0, 0.1) is 5.92 Å². The fourth-order valence-corrected chi connectivity index (χ4v) is 5.88. The molecule has 0 saturated carbocycles. The highest BCUT2D eigenvalue weighted by Crippen LogP contribution is 2.26. The van der Waals surface area contributed by atoms with Crippen LogP contribution in [0.5, 0.6) is 0 Å². The first-order chi connectivity index (χ1) is 20.8. The average Bonchev–Trinajstić information content (AvgIpc) is 3.25. The molecule has 0 aromatic heterocycles. The molecule has 228 valence electrons. The van der Waals surface area contributed by atoms with Crippen molar-refractivity contribution in [2.24, 2.45) is 17.4 Å². The van der Waals surface area contributed by atoms with Gasteiger partial charge in [-0.3, -0.25) is 19.2 Å². The number of hydrogen-bond donors (Lipinski definition) is 2. The Morgan fingerprint density at radius 2 is 1.51 bits per heavy atom. The van der Waals surface area contributed by atoms with Gasteiger partial charge in [-0.2, -0.15) is 0 Å². The van der Waals surface area contributed by atoms with Crippen LogP contribution in [0.15, 0.2) is 72.3 Å². The van der Waals surface area contributed by atoms with E-state index in [1.807, 2.05) is 35.2 Å². The van der Waals surface area contributed by atoms with Gasteiger partial charge in [0.1, 0.15) is 0 Å². The number of primary amides is 2. The number of hydrogen-bond acceptors (Lipinski definition) is 5. The maximum absolute atomic E-state index is 12.7. The number of nitrogens with two attached hydrogens (primary N) is 2. The molecule has 1 fully saturated rings. The van der Waals surface area contributed by atoms with Crippen LogP contribution < -0.4 is 16.4 Å². The molecule has 1 aliphatic carbocycles. The van der Waals surface area contributed by atoms with Gasteiger partial charge in [0.15, 0.2) is 5.78 Å². The molecule has 2 aromatic rings. The summed E-state index contributed by atoms with van der Waals surface area (Å²) in [4.78, 5) is 52.2. The monoisotopic (exact) mass is 584 g/mol. The molecule has 1 saturated heterocycles. The predicted molar refractivity (Wildman–Crippen MR) is 170 cm³/mol. The standard InChI is InChI=1S/C35H44N4O4/c36-34(42)29-10-5-9-28(24-29)23-27-8-4-7-26(15-16-27)17-18-32(40)13-2-1-3-14-33(41)39-21-19-38(20-22-39)31-12-6-11-30(25-31)35(37)43/h5-6,8-12,17-18,24-26H,1-4,7,13-16,19-23H2,(H2,36,42)(H2,37,43)/b18-17+. The molecule has 1 aliphatic heterocycles. The Kier molecular flexibility index (Phi) is 11.7. The molecule has 1 atom stereocenters. The van der Waals surface area contributed by atoms with Crippen molar-refractivity contribution < 1.29 is 19.2 Å². The Morgan fingerprint density at radius 1 is 0.814 bits per heavy atom.